The molecule has 0 bridgehead atoms. The molecule has 0 aliphatic carbocycles. The van der Waals surface area contributed by atoms with Crippen molar-refractivity contribution in [3.05, 3.63) is 41.3 Å². The minimum atomic E-state index is -0.360. The van der Waals surface area contributed by atoms with Crippen molar-refractivity contribution in [2.75, 3.05) is 0 Å². The molecule has 0 N–H and O–H groups in total. The van der Waals surface area contributed by atoms with Crippen LogP contribution in [0.1, 0.15) is 18.2 Å². The van der Waals surface area contributed by atoms with Crippen LogP contribution >= 0.6 is 0 Å². The molecule has 0 radical (unpaired) electrons. The Kier molecular flexibility index (Phi) is 3.04. The maximum absolute atomic E-state index is 13.6. The van der Waals surface area contributed by atoms with E-state index in [1.54, 1.807) is 18.2 Å². The molecule has 4 heteroatoms. The average Bonchev–Trinajstić information content (AvgIpc) is 2.69. The summed E-state index contributed by atoms with van der Waals surface area (Å²) in [6.45, 7) is 3.34. The monoisotopic (exact) mass is 233 g/mol. The summed E-state index contributed by atoms with van der Waals surface area (Å²) in [7, 11) is 0. The lowest BCUT2D eigenvalue weighted by Crippen LogP contribution is -1.95. The molecule has 1 heterocycles. The summed E-state index contributed by atoms with van der Waals surface area (Å²) < 4.78 is 18.6. The van der Waals surface area contributed by atoms with Gasteiger partial charge in [-0.1, -0.05) is 16.8 Å². The van der Waals surface area contributed by atoms with Gasteiger partial charge in [-0.2, -0.15) is 0 Å². The first-order valence-corrected chi connectivity index (χ1v) is 5.28. The van der Waals surface area contributed by atoms with Crippen molar-refractivity contribution >= 4 is 5.78 Å². The predicted octanol–water partition coefficient (Wildman–Crippen LogP) is 2.92. The van der Waals surface area contributed by atoms with E-state index in [0.29, 0.717) is 17.0 Å². The Bertz CT molecular complexity index is 560. The van der Waals surface area contributed by atoms with Crippen molar-refractivity contribution in [3.8, 4) is 11.3 Å². The van der Waals surface area contributed by atoms with Crippen LogP contribution in [0.5, 0.6) is 0 Å². The maximum Gasteiger partial charge on any atom is 0.170 e. The molecule has 0 aliphatic heterocycles. The van der Waals surface area contributed by atoms with E-state index in [2.05, 4.69) is 5.16 Å². The molecule has 2 aromatic rings. The number of aryl methyl sites for hydroxylation is 1. The Hall–Kier alpha value is -1.97. The minimum absolute atomic E-state index is 0.00503. The second kappa shape index (κ2) is 4.49. The number of aromatic nitrogens is 1. The van der Waals surface area contributed by atoms with Crippen molar-refractivity contribution in [2.24, 2.45) is 0 Å². The summed E-state index contributed by atoms with van der Waals surface area (Å²) >= 11 is 0. The molecular formula is C13H12FNO2. The Balaban J connectivity index is 2.36. The van der Waals surface area contributed by atoms with E-state index < -0.39 is 0 Å². The molecule has 0 aliphatic rings. The van der Waals surface area contributed by atoms with E-state index in [4.69, 9.17) is 4.52 Å². The van der Waals surface area contributed by atoms with Crippen molar-refractivity contribution in [1.29, 1.82) is 0 Å². The van der Waals surface area contributed by atoms with Gasteiger partial charge in [0, 0.05) is 6.07 Å². The molecule has 0 atom stereocenters. The van der Waals surface area contributed by atoms with Crippen LogP contribution in [0.3, 0.4) is 0 Å². The number of carbonyl (C=O) groups excluding carboxylic acids is 1. The van der Waals surface area contributed by atoms with Gasteiger partial charge < -0.3 is 4.52 Å². The van der Waals surface area contributed by atoms with Crippen molar-refractivity contribution in [3.63, 3.8) is 0 Å². The Morgan fingerprint density at radius 3 is 2.88 bits per heavy atom. The standard InChI is InChI=1S/C13H12FNO2/c1-8-3-4-12(14)11(5-8)13-7-10(15-17-13)6-9(2)16/h3-5,7H,6H2,1-2H3. The molecule has 2 rings (SSSR count). The number of hydrogen-bond donors (Lipinski definition) is 0. The van der Waals surface area contributed by atoms with Crippen molar-refractivity contribution in [1.82, 2.24) is 5.16 Å². The fraction of sp³-hybridized carbons (Fsp3) is 0.231. The third-order valence-corrected chi connectivity index (χ3v) is 2.38. The van der Waals surface area contributed by atoms with Crippen molar-refractivity contribution in [2.45, 2.75) is 20.3 Å². The third-order valence-electron chi connectivity index (χ3n) is 2.38. The molecule has 0 fully saturated rings. The smallest absolute Gasteiger partial charge is 0.170 e. The maximum atomic E-state index is 13.6. The van der Waals surface area contributed by atoms with Crippen molar-refractivity contribution < 1.29 is 13.7 Å². The van der Waals surface area contributed by atoms with E-state index >= 15 is 0 Å². The van der Waals surface area contributed by atoms with E-state index in [1.807, 2.05) is 6.92 Å². The van der Waals surface area contributed by atoms with Gasteiger partial charge in [-0.05, 0) is 26.0 Å². The summed E-state index contributed by atoms with van der Waals surface area (Å²) in [6.07, 6.45) is 0.205. The van der Waals surface area contributed by atoms with Crippen LogP contribution in [-0.2, 0) is 11.2 Å². The number of Topliss-reactive ketones (excluding diaryl/α,β-unsaturated/α-hetero) is 1. The van der Waals surface area contributed by atoms with Gasteiger partial charge in [0.2, 0.25) is 0 Å². The minimum Gasteiger partial charge on any atom is -0.356 e. The molecule has 0 saturated carbocycles. The van der Waals surface area contributed by atoms with E-state index in [0.717, 1.165) is 5.56 Å². The Morgan fingerprint density at radius 2 is 2.18 bits per heavy atom. The number of hydrogen-bond acceptors (Lipinski definition) is 3. The second-order valence-corrected chi connectivity index (χ2v) is 4.04. The number of benzene rings is 1. The lowest BCUT2D eigenvalue weighted by Gasteiger charge is -1.99. The van der Waals surface area contributed by atoms with E-state index in [9.17, 15) is 9.18 Å². The van der Waals surface area contributed by atoms with Crippen LogP contribution in [0.2, 0.25) is 0 Å². The summed E-state index contributed by atoms with van der Waals surface area (Å²) in [5.74, 6) is -0.0156. The molecule has 0 spiro atoms. The molecule has 3 nitrogen and oxygen atoms in total. The zero-order chi connectivity index (χ0) is 12.4. The summed E-state index contributed by atoms with van der Waals surface area (Å²) in [6, 6.07) is 6.36. The quantitative estimate of drug-likeness (QED) is 0.818. The van der Waals surface area contributed by atoms with E-state index in [-0.39, 0.29) is 18.0 Å². The fourth-order valence-corrected chi connectivity index (χ4v) is 1.61. The van der Waals surface area contributed by atoms with Crippen LogP contribution < -0.4 is 0 Å². The molecule has 17 heavy (non-hydrogen) atoms. The number of halogens is 1. The zero-order valence-electron chi connectivity index (χ0n) is 9.66. The molecule has 0 saturated heterocycles. The fourth-order valence-electron chi connectivity index (χ4n) is 1.61. The van der Waals surface area contributed by atoms with Gasteiger partial charge in [-0.25, -0.2) is 4.39 Å². The first kappa shape index (κ1) is 11.5. The zero-order valence-corrected chi connectivity index (χ0v) is 9.66. The van der Waals surface area contributed by atoms with Gasteiger partial charge >= 0.3 is 0 Å². The normalized spacial score (nSPS) is 10.5. The van der Waals surface area contributed by atoms with Crippen LogP contribution in [0, 0.1) is 12.7 Å². The highest BCUT2D eigenvalue weighted by Crippen LogP contribution is 2.24. The largest absolute Gasteiger partial charge is 0.356 e. The summed E-state index contributed by atoms with van der Waals surface area (Å²) in [5, 5.41) is 3.74. The number of carbonyl (C=O) groups is 1. The first-order valence-electron chi connectivity index (χ1n) is 5.28. The molecular weight excluding hydrogens is 221 g/mol. The topological polar surface area (TPSA) is 43.1 Å². The number of nitrogens with zero attached hydrogens (tertiary/aromatic N) is 1. The SMILES string of the molecule is CC(=O)Cc1cc(-c2cc(C)ccc2F)on1. The van der Waals surface area contributed by atoms with Gasteiger partial charge in [-0.3, -0.25) is 4.79 Å². The lowest BCUT2D eigenvalue weighted by atomic mass is 10.1. The van der Waals surface area contributed by atoms with Gasteiger partial charge in [0.05, 0.1) is 17.7 Å². The molecule has 0 unspecified atom stereocenters. The van der Waals surface area contributed by atoms with Gasteiger partial charge in [0.1, 0.15) is 11.6 Å². The van der Waals surface area contributed by atoms with Crippen LogP contribution in [-0.4, -0.2) is 10.9 Å². The second-order valence-electron chi connectivity index (χ2n) is 4.04. The van der Waals surface area contributed by atoms with Gasteiger partial charge in [0.15, 0.2) is 5.76 Å². The number of ketones is 1. The highest BCUT2D eigenvalue weighted by Gasteiger charge is 2.12. The highest BCUT2D eigenvalue weighted by molar-refractivity contribution is 5.78. The number of rotatable bonds is 3. The first-order chi connectivity index (χ1) is 8.06. The lowest BCUT2D eigenvalue weighted by molar-refractivity contribution is -0.116. The van der Waals surface area contributed by atoms with Crippen LogP contribution in [0.4, 0.5) is 4.39 Å². The van der Waals surface area contributed by atoms with Gasteiger partial charge in [-0.15, -0.1) is 0 Å². The Morgan fingerprint density at radius 1 is 1.41 bits per heavy atom. The summed E-state index contributed by atoms with van der Waals surface area (Å²) in [5.41, 5.74) is 1.83. The van der Waals surface area contributed by atoms with Crippen LogP contribution in [0.25, 0.3) is 11.3 Å². The highest BCUT2D eigenvalue weighted by atomic mass is 19.1. The molecule has 1 aromatic carbocycles. The Labute approximate surface area is 98.2 Å². The van der Waals surface area contributed by atoms with Crippen LogP contribution in [0.15, 0.2) is 28.8 Å². The average molecular weight is 233 g/mol. The summed E-state index contributed by atoms with van der Waals surface area (Å²) in [4.78, 5) is 10.9. The third kappa shape index (κ3) is 2.58. The molecule has 88 valence electrons. The van der Waals surface area contributed by atoms with E-state index in [1.165, 1.54) is 13.0 Å². The molecule has 0 amide bonds. The van der Waals surface area contributed by atoms with Gasteiger partial charge in [0.25, 0.3) is 0 Å². The predicted molar refractivity (Wildman–Crippen MR) is 61.0 cm³/mol. The molecule has 1 aromatic heterocycles.